The van der Waals surface area contributed by atoms with Crippen molar-refractivity contribution in [2.45, 2.75) is 97.0 Å². The highest BCUT2D eigenvalue weighted by Crippen LogP contribution is 2.30. The summed E-state index contributed by atoms with van der Waals surface area (Å²) in [6.45, 7) is 11.0. The van der Waals surface area contributed by atoms with Crippen LogP contribution in [-0.2, 0) is 28.7 Å². The highest BCUT2D eigenvalue weighted by molar-refractivity contribution is 5.94. The van der Waals surface area contributed by atoms with Crippen molar-refractivity contribution in [1.82, 2.24) is 20.0 Å². The Kier molecular flexibility index (Phi) is 9.73. The second-order valence-electron chi connectivity index (χ2n) is 11.1. The zero-order valence-corrected chi connectivity index (χ0v) is 22.8. The van der Waals surface area contributed by atoms with Crippen LogP contribution in [0.15, 0.2) is 0 Å². The lowest BCUT2D eigenvalue weighted by Gasteiger charge is -2.39. The van der Waals surface area contributed by atoms with Crippen molar-refractivity contribution in [1.29, 1.82) is 0 Å². The number of nitrogens with one attached hydrogen (secondary N) is 1. The molecular weight excluding hydrogens is 468 g/mol. The van der Waals surface area contributed by atoms with E-state index >= 15 is 0 Å². The largest absolute Gasteiger partial charge is 0.467 e. The minimum absolute atomic E-state index is 0.0177. The van der Waals surface area contributed by atoms with E-state index in [-0.39, 0.29) is 24.4 Å². The Bertz CT molecular complexity index is 854. The van der Waals surface area contributed by atoms with E-state index in [1.165, 1.54) is 26.0 Å². The lowest BCUT2D eigenvalue weighted by Crippen LogP contribution is -2.62. The molecule has 0 unspecified atom stereocenters. The van der Waals surface area contributed by atoms with E-state index in [2.05, 4.69) is 5.32 Å². The van der Waals surface area contributed by atoms with Crippen LogP contribution in [0.1, 0.15) is 67.2 Å². The van der Waals surface area contributed by atoms with Gasteiger partial charge in [-0.05, 0) is 52.9 Å². The van der Waals surface area contributed by atoms with E-state index in [4.69, 9.17) is 9.47 Å². The van der Waals surface area contributed by atoms with E-state index in [9.17, 15) is 24.0 Å². The quantitative estimate of drug-likeness (QED) is 0.537. The molecule has 0 radical (unpaired) electrons. The first-order chi connectivity index (χ1) is 16.7. The number of esters is 1. The maximum Gasteiger partial charge on any atom is 0.410 e. The van der Waals surface area contributed by atoms with Crippen LogP contribution in [0.5, 0.6) is 0 Å². The number of hydrogen-bond acceptors (Lipinski definition) is 7. The van der Waals surface area contributed by atoms with Gasteiger partial charge in [-0.1, -0.05) is 13.8 Å². The lowest BCUT2D eigenvalue weighted by molar-refractivity contribution is -0.155. The Morgan fingerprint density at radius 2 is 1.75 bits per heavy atom. The minimum Gasteiger partial charge on any atom is -0.467 e. The molecule has 2 fully saturated rings. The normalized spacial score (nSPS) is 23.4. The number of methoxy groups -OCH3 is 1. The summed E-state index contributed by atoms with van der Waals surface area (Å²) in [5.41, 5.74) is -0.734. The summed E-state index contributed by atoms with van der Waals surface area (Å²) in [6, 6.07) is -2.98. The summed E-state index contributed by atoms with van der Waals surface area (Å²) < 4.78 is 10.3. The van der Waals surface area contributed by atoms with Gasteiger partial charge < -0.3 is 24.6 Å². The van der Waals surface area contributed by atoms with Gasteiger partial charge in [0.2, 0.25) is 17.7 Å². The number of carbonyl (C=O) groups excluding carboxylic acids is 5. The van der Waals surface area contributed by atoms with Crippen molar-refractivity contribution in [3.05, 3.63) is 0 Å². The van der Waals surface area contributed by atoms with Crippen LogP contribution in [-0.4, -0.2) is 101 Å². The molecule has 36 heavy (non-hydrogen) atoms. The van der Waals surface area contributed by atoms with E-state index in [0.29, 0.717) is 32.2 Å². The van der Waals surface area contributed by atoms with E-state index in [1.54, 1.807) is 25.7 Å². The van der Waals surface area contributed by atoms with Crippen molar-refractivity contribution in [2.24, 2.45) is 5.92 Å². The minimum atomic E-state index is -1.07. The fraction of sp³-hybridized carbons (Fsp3) is 0.800. The average Bonchev–Trinajstić information content (AvgIpc) is 3.19. The number of ether oxygens (including phenoxy) is 2. The second kappa shape index (κ2) is 11.9. The first kappa shape index (κ1) is 29.4. The molecule has 4 atom stereocenters. The van der Waals surface area contributed by atoms with Gasteiger partial charge in [-0.15, -0.1) is 0 Å². The molecule has 2 aliphatic heterocycles. The molecule has 11 heteroatoms. The standard InChI is InChI=1S/C25H42N4O7/c1-15(2)13-20(30)28-12-11-17-9-10-19(23(33)35-8)29(17)22(32)18(14-28)26-21(31)16(3)27(7)24(34)36-25(4,5)6/h15-19H,9-14H2,1-8H3,(H,26,31)/t16-,17+,18-,19-/m0/s1. The Balaban J connectivity index is 2.28. The molecule has 2 rings (SSSR count). The molecule has 204 valence electrons. The Labute approximate surface area is 213 Å². The molecule has 0 saturated carbocycles. The van der Waals surface area contributed by atoms with Gasteiger partial charge in [0, 0.05) is 32.6 Å². The van der Waals surface area contributed by atoms with Crippen LogP contribution in [0.4, 0.5) is 4.79 Å². The molecule has 0 spiro atoms. The molecule has 0 aliphatic carbocycles. The molecule has 2 aliphatic rings. The van der Waals surface area contributed by atoms with E-state index < -0.39 is 47.6 Å². The third kappa shape index (κ3) is 7.33. The summed E-state index contributed by atoms with van der Waals surface area (Å²) in [7, 11) is 2.73. The first-order valence-corrected chi connectivity index (χ1v) is 12.6. The number of likely N-dealkylation sites (N-methyl/N-ethyl adjacent to an activating group) is 1. The van der Waals surface area contributed by atoms with Crippen LogP contribution in [0.3, 0.4) is 0 Å². The summed E-state index contributed by atoms with van der Waals surface area (Å²) in [5.74, 6) is -1.45. The monoisotopic (exact) mass is 510 g/mol. The van der Waals surface area contributed by atoms with Crippen LogP contribution in [0.25, 0.3) is 0 Å². The average molecular weight is 511 g/mol. The Morgan fingerprint density at radius 3 is 2.31 bits per heavy atom. The number of amides is 4. The molecule has 0 aromatic carbocycles. The number of rotatable bonds is 6. The van der Waals surface area contributed by atoms with Crippen LogP contribution in [0.2, 0.25) is 0 Å². The fourth-order valence-electron chi connectivity index (χ4n) is 4.51. The lowest BCUT2D eigenvalue weighted by atomic mass is 10.0. The molecule has 0 aromatic rings. The van der Waals surface area contributed by atoms with Crippen LogP contribution in [0, 0.1) is 5.92 Å². The van der Waals surface area contributed by atoms with Gasteiger partial charge >= 0.3 is 12.1 Å². The highest BCUT2D eigenvalue weighted by Gasteiger charge is 2.46. The highest BCUT2D eigenvalue weighted by atomic mass is 16.6. The zero-order chi connectivity index (χ0) is 27.4. The number of nitrogens with zero attached hydrogens (tertiary/aromatic N) is 3. The predicted molar refractivity (Wildman–Crippen MR) is 132 cm³/mol. The molecule has 2 saturated heterocycles. The summed E-state index contributed by atoms with van der Waals surface area (Å²) in [4.78, 5) is 68.9. The fourth-order valence-corrected chi connectivity index (χ4v) is 4.51. The van der Waals surface area contributed by atoms with Crippen molar-refractivity contribution in [3.8, 4) is 0 Å². The van der Waals surface area contributed by atoms with Gasteiger partial charge in [0.15, 0.2) is 0 Å². The first-order valence-electron chi connectivity index (χ1n) is 12.6. The van der Waals surface area contributed by atoms with Crippen molar-refractivity contribution >= 4 is 29.8 Å². The Morgan fingerprint density at radius 1 is 1.11 bits per heavy atom. The van der Waals surface area contributed by atoms with Gasteiger partial charge in [0.1, 0.15) is 23.7 Å². The molecule has 0 aromatic heterocycles. The van der Waals surface area contributed by atoms with Crippen molar-refractivity contribution in [2.75, 3.05) is 27.2 Å². The predicted octanol–water partition coefficient (Wildman–Crippen LogP) is 1.54. The van der Waals surface area contributed by atoms with E-state index in [1.807, 2.05) is 13.8 Å². The maximum atomic E-state index is 13.7. The smallest absolute Gasteiger partial charge is 0.410 e. The van der Waals surface area contributed by atoms with Gasteiger partial charge in [-0.3, -0.25) is 19.3 Å². The molecule has 0 bridgehead atoms. The Hall–Kier alpha value is -2.85. The van der Waals surface area contributed by atoms with Gasteiger partial charge in [-0.2, -0.15) is 0 Å². The summed E-state index contributed by atoms with van der Waals surface area (Å²) in [5, 5.41) is 2.74. The van der Waals surface area contributed by atoms with E-state index in [0.717, 1.165) is 4.90 Å². The van der Waals surface area contributed by atoms with Crippen LogP contribution >= 0.6 is 0 Å². The van der Waals surface area contributed by atoms with Gasteiger partial charge in [0.05, 0.1) is 7.11 Å². The molecule has 2 heterocycles. The number of carbonyl (C=O) groups is 5. The molecular formula is C25H42N4O7. The van der Waals surface area contributed by atoms with Gasteiger partial charge in [0.25, 0.3) is 0 Å². The second-order valence-corrected chi connectivity index (χ2v) is 11.1. The number of hydrogen-bond donors (Lipinski definition) is 1. The van der Waals surface area contributed by atoms with Crippen molar-refractivity contribution < 1.29 is 33.4 Å². The SMILES string of the molecule is COC(=O)[C@@H]1CC[C@@H]2CCN(C(=O)CC(C)C)C[C@H](NC(=O)[C@H](C)N(C)C(=O)OC(C)(C)C)C(=O)N21. The zero-order valence-electron chi connectivity index (χ0n) is 22.8. The van der Waals surface area contributed by atoms with Gasteiger partial charge in [-0.25, -0.2) is 9.59 Å². The summed E-state index contributed by atoms with van der Waals surface area (Å²) >= 11 is 0. The topological polar surface area (TPSA) is 126 Å². The number of fused-ring (bicyclic) bond motifs is 1. The third-order valence-corrected chi connectivity index (χ3v) is 6.56. The molecule has 1 N–H and O–H groups in total. The van der Waals surface area contributed by atoms with Crippen LogP contribution < -0.4 is 5.32 Å². The third-order valence-electron chi connectivity index (χ3n) is 6.56. The molecule has 11 nitrogen and oxygen atoms in total. The summed E-state index contributed by atoms with van der Waals surface area (Å²) in [6.07, 6.45) is 1.26. The molecule has 4 amide bonds. The maximum absolute atomic E-state index is 13.7. The van der Waals surface area contributed by atoms with Crippen molar-refractivity contribution in [3.63, 3.8) is 0 Å².